The van der Waals surface area contributed by atoms with Gasteiger partial charge in [0.2, 0.25) is 0 Å². The minimum absolute atomic E-state index is 0.0154. The Bertz CT molecular complexity index is 741. The smallest absolute Gasteiger partial charge is 0.151 e. The van der Waals surface area contributed by atoms with Gasteiger partial charge in [-0.15, -0.1) is 0 Å². The Balaban J connectivity index is 2.00. The number of aromatic amines is 1. The molecular formula is C16H16F2N2O. The Kier molecular flexibility index (Phi) is 2.28. The van der Waals surface area contributed by atoms with Gasteiger partial charge in [0, 0.05) is 6.42 Å². The first-order chi connectivity index (χ1) is 9.88. The second-order valence-electron chi connectivity index (χ2n) is 6.83. The van der Waals surface area contributed by atoms with Gasteiger partial charge < -0.3 is 4.98 Å². The normalized spacial score (nSPS) is 30.5. The van der Waals surface area contributed by atoms with Crippen LogP contribution in [0.4, 0.5) is 8.78 Å². The Hall–Kier alpha value is -1.78. The molecule has 21 heavy (non-hydrogen) atoms. The number of aromatic nitrogens is 2. The zero-order chi connectivity index (χ0) is 15.0. The van der Waals surface area contributed by atoms with Gasteiger partial charge in [-0.2, -0.15) is 0 Å². The van der Waals surface area contributed by atoms with E-state index in [9.17, 15) is 13.6 Å². The second-order valence-corrected chi connectivity index (χ2v) is 6.83. The van der Waals surface area contributed by atoms with Crippen molar-refractivity contribution in [2.75, 3.05) is 0 Å². The molecular weight excluding hydrogens is 274 g/mol. The van der Waals surface area contributed by atoms with Crippen LogP contribution in [0.25, 0.3) is 11.0 Å². The van der Waals surface area contributed by atoms with Crippen LogP contribution in [0.5, 0.6) is 0 Å². The van der Waals surface area contributed by atoms with Crippen molar-refractivity contribution in [2.24, 2.45) is 11.3 Å². The van der Waals surface area contributed by atoms with Crippen LogP contribution in [0.3, 0.4) is 0 Å². The topological polar surface area (TPSA) is 45.8 Å². The fourth-order valence-corrected chi connectivity index (χ4v) is 4.46. The zero-order valence-electron chi connectivity index (χ0n) is 12.0. The number of rotatable bonds is 1. The number of benzene rings is 1. The van der Waals surface area contributed by atoms with Crippen LogP contribution in [0.1, 0.15) is 38.9 Å². The zero-order valence-corrected chi connectivity index (χ0v) is 12.0. The summed E-state index contributed by atoms with van der Waals surface area (Å²) in [6, 6.07) is 2.15. The molecule has 1 aromatic heterocycles. The fourth-order valence-electron chi connectivity index (χ4n) is 4.46. The minimum atomic E-state index is -0.727. The van der Waals surface area contributed by atoms with E-state index in [1.165, 1.54) is 0 Å². The summed E-state index contributed by atoms with van der Waals surface area (Å²) in [7, 11) is 0. The Labute approximate surface area is 120 Å². The van der Waals surface area contributed by atoms with Gasteiger partial charge in [0.05, 0.1) is 5.41 Å². The van der Waals surface area contributed by atoms with E-state index in [-0.39, 0.29) is 22.2 Å². The van der Waals surface area contributed by atoms with Crippen molar-refractivity contribution in [3.8, 4) is 0 Å². The van der Waals surface area contributed by atoms with Gasteiger partial charge in [0.15, 0.2) is 5.82 Å². The molecule has 0 spiro atoms. The second kappa shape index (κ2) is 3.70. The number of imidazole rings is 1. The highest BCUT2D eigenvalue weighted by Gasteiger charge is 2.66. The average Bonchev–Trinajstić information content (AvgIpc) is 3.03. The molecule has 2 unspecified atom stereocenters. The van der Waals surface area contributed by atoms with E-state index in [0.717, 1.165) is 18.6 Å². The Morgan fingerprint density at radius 1 is 1.29 bits per heavy atom. The summed E-state index contributed by atoms with van der Waals surface area (Å²) in [6.45, 7) is 4.13. The van der Waals surface area contributed by atoms with Crippen LogP contribution < -0.4 is 0 Å². The summed E-state index contributed by atoms with van der Waals surface area (Å²) >= 11 is 0. The number of nitrogens with one attached hydrogen (secondary N) is 1. The number of Topliss-reactive ketones (excluding diaryl/α,β-unsaturated/α-hetero) is 1. The lowest BCUT2D eigenvalue weighted by Gasteiger charge is -2.34. The number of H-pyrrole nitrogens is 1. The van der Waals surface area contributed by atoms with Crippen molar-refractivity contribution in [1.29, 1.82) is 0 Å². The lowest BCUT2D eigenvalue weighted by atomic mass is 9.68. The van der Waals surface area contributed by atoms with Gasteiger partial charge in [-0.05, 0) is 36.3 Å². The van der Waals surface area contributed by atoms with Crippen molar-refractivity contribution in [3.05, 3.63) is 29.6 Å². The molecule has 110 valence electrons. The molecule has 1 heterocycles. The molecule has 2 saturated carbocycles. The molecule has 2 bridgehead atoms. The van der Waals surface area contributed by atoms with Gasteiger partial charge in [-0.25, -0.2) is 13.8 Å². The first-order valence-corrected chi connectivity index (χ1v) is 7.25. The third-order valence-electron chi connectivity index (χ3n) is 5.85. The van der Waals surface area contributed by atoms with Crippen molar-refractivity contribution in [3.63, 3.8) is 0 Å². The van der Waals surface area contributed by atoms with Gasteiger partial charge in [0.1, 0.15) is 28.5 Å². The number of ketones is 1. The number of hydrogen-bond donors (Lipinski definition) is 1. The summed E-state index contributed by atoms with van der Waals surface area (Å²) in [6.07, 6.45) is 2.20. The van der Waals surface area contributed by atoms with E-state index in [1.54, 1.807) is 0 Å². The molecule has 2 aromatic rings. The number of halogens is 2. The van der Waals surface area contributed by atoms with Crippen LogP contribution in [-0.4, -0.2) is 15.8 Å². The van der Waals surface area contributed by atoms with E-state index >= 15 is 0 Å². The summed E-state index contributed by atoms with van der Waals surface area (Å²) in [5.74, 6) is -0.213. The molecule has 3 nitrogen and oxygen atoms in total. The lowest BCUT2D eigenvalue weighted by Crippen LogP contribution is -2.41. The van der Waals surface area contributed by atoms with Crippen molar-refractivity contribution in [1.82, 2.24) is 9.97 Å². The monoisotopic (exact) mass is 290 g/mol. The number of carbonyl (C=O) groups is 1. The molecule has 4 rings (SSSR count). The maximum Gasteiger partial charge on any atom is 0.151 e. The molecule has 0 aliphatic heterocycles. The largest absolute Gasteiger partial charge is 0.339 e. The van der Waals surface area contributed by atoms with Crippen LogP contribution in [-0.2, 0) is 10.2 Å². The molecule has 2 fully saturated rings. The van der Waals surface area contributed by atoms with E-state index in [1.807, 2.05) is 0 Å². The fraction of sp³-hybridized carbons (Fsp3) is 0.500. The Morgan fingerprint density at radius 3 is 2.57 bits per heavy atom. The van der Waals surface area contributed by atoms with Gasteiger partial charge in [-0.3, -0.25) is 4.79 Å². The maximum atomic E-state index is 13.9. The molecule has 1 aromatic carbocycles. The molecule has 2 aliphatic rings. The highest BCUT2D eigenvalue weighted by atomic mass is 19.1. The van der Waals surface area contributed by atoms with Gasteiger partial charge >= 0.3 is 0 Å². The lowest BCUT2D eigenvalue weighted by molar-refractivity contribution is -0.124. The van der Waals surface area contributed by atoms with Crippen molar-refractivity contribution < 1.29 is 13.6 Å². The van der Waals surface area contributed by atoms with E-state index in [2.05, 4.69) is 23.8 Å². The molecule has 0 saturated heterocycles. The number of fused-ring (bicyclic) bond motifs is 3. The third kappa shape index (κ3) is 1.32. The van der Waals surface area contributed by atoms with Gasteiger partial charge in [0.25, 0.3) is 0 Å². The van der Waals surface area contributed by atoms with Gasteiger partial charge in [-0.1, -0.05) is 13.8 Å². The molecule has 0 amide bonds. The predicted octanol–water partition coefficient (Wildman–Crippen LogP) is 3.49. The maximum absolute atomic E-state index is 13.9. The van der Waals surface area contributed by atoms with Crippen LogP contribution in [0, 0.1) is 23.0 Å². The number of nitrogens with zero attached hydrogens (tertiary/aromatic N) is 1. The van der Waals surface area contributed by atoms with Crippen molar-refractivity contribution >= 4 is 16.8 Å². The summed E-state index contributed by atoms with van der Waals surface area (Å²) in [5, 5.41) is 0. The molecule has 2 atom stereocenters. The Morgan fingerprint density at radius 2 is 2.00 bits per heavy atom. The number of carbonyl (C=O) groups excluding carboxylic acids is 1. The first kappa shape index (κ1) is 12.9. The number of hydrogen-bond acceptors (Lipinski definition) is 2. The SMILES string of the molecule is CC1(C)C2CCC1(c1nc3c(F)ccc(F)c3[nH]1)C(=O)C2. The average molecular weight is 290 g/mol. The highest BCUT2D eigenvalue weighted by molar-refractivity contribution is 5.95. The summed E-state index contributed by atoms with van der Waals surface area (Å²) < 4.78 is 27.7. The molecule has 1 N–H and O–H groups in total. The van der Waals surface area contributed by atoms with E-state index in [0.29, 0.717) is 24.6 Å². The molecule has 0 radical (unpaired) electrons. The van der Waals surface area contributed by atoms with Crippen LogP contribution in [0.2, 0.25) is 0 Å². The highest BCUT2D eigenvalue weighted by Crippen LogP contribution is 2.64. The van der Waals surface area contributed by atoms with Crippen LogP contribution >= 0.6 is 0 Å². The summed E-state index contributed by atoms with van der Waals surface area (Å²) in [4.78, 5) is 19.8. The molecule has 2 aliphatic carbocycles. The standard InChI is InChI=1S/C16H16F2N2O/c1-15(2)8-5-6-16(15,11(21)7-8)14-19-12-9(17)3-4-10(18)13(12)20-14/h3-4,8H,5-7H2,1-2H3,(H,19,20). The quantitative estimate of drug-likeness (QED) is 0.874. The van der Waals surface area contributed by atoms with Crippen molar-refractivity contribution in [2.45, 2.75) is 38.5 Å². The first-order valence-electron chi connectivity index (χ1n) is 7.25. The predicted molar refractivity (Wildman–Crippen MR) is 73.8 cm³/mol. The summed E-state index contributed by atoms with van der Waals surface area (Å²) in [5.41, 5.74) is -0.919. The van der Waals surface area contributed by atoms with E-state index in [4.69, 9.17) is 0 Å². The minimum Gasteiger partial charge on any atom is -0.339 e. The third-order valence-corrected chi connectivity index (χ3v) is 5.85. The van der Waals surface area contributed by atoms with Crippen LogP contribution in [0.15, 0.2) is 12.1 Å². The van der Waals surface area contributed by atoms with E-state index < -0.39 is 17.0 Å². The molecule has 5 heteroatoms.